The maximum Gasteiger partial charge on any atom is 0.374 e. The Kier molecular flexibility index (Phi) is 8.28. The molecule has 1 aromatic rings. The topological polar surface area (TPSA) is 55.0 Å². The molecule has 4 heteroatoms. The summed E-state index contributed by atoms with van der Waals surface area (Å²) in [4.78, 5) is 19.3. The van der Waals surface area contributed by atoms with Crippen LogP contribution in [0.3, 0.4) is 0 Å². The highest BCUT2D eigenvalue weighted by Gasteiger charge is 2.26. The second-order valence-corrected chi connectivity index (χ2v) is 8.52. The molecule has 0 aliphatic heterocycles. The largest absolute Gasteiger partial charge is 0.460 e. The first-order valence-electron chi connectivity index (χ1n) is 10.6. The first-order valence-corrected chi connectivity index (χ1v) is 10.6. The van der Waals surface area contributed by atoms with Crippen molar-refractivity contribution >= 4 is 12.0 Å². The Balaban J connectivity index is 1.95. The molecule has 1 aromatic heterocycles. The molecular formula is C24H36N2O2. The number of nitrogens with one attached hydrogen (secondary N) is 1. The summed E-state index contributed by atoms with van der Waals surface area (Å²) >= 11 is 0. The standard InChI is InChI=1S/C24H36N2O2/c1-6-7-8-9-15-28-23(27)22-25-17-20(26-22)16-18(2)12-13-21-19(3)11-10-14-24(21,4)5/h12-13,16-17H,6-11,14-15H2,1-5H3,(H,25,26)/b13-12?,18-16+. The first kappa shape index (κ1) is 22.2. The van der Waals surface area contributed by atoms with E-state index in [9.17, 15) is 4.79 Å². The molecule has 0 fully saturated rings. The summed E-state index contributed by atoms with van der Waals surface area (Å²) in [6.45, 7) is 11.6. The summed E-state index contributed by atoms with van der Waals surface area (Å²) in [7, 11) is 0. The van der Waals surface area contributed by atoms with Crippen LogP contribution in [0.1, 0.15) is 95.9 Å². The lowest BCUT2D eigenvalue weighted by atomic mass is 9.72. The van der Waals surface area contributed by atoms with E-state index in [4.69, 9.17) is 4.74 Å². The summed E-state index contributed by atoms with van der Waals surface area (Å²) in [6, 6.07) is 0. The van der Waals surface area contributed by atoms with Crippen LogP contribution in [-0.2, 0) is 4.74 Å². The minimum atomic E-state index is -0.380. The number of allylic oxidation sites excluding steroid dienone is 5. The number of ether oxygens (including phenoxy) is 1. The van der Waals surface area contributed by atoms with Crippen LogP contribution >= 0.6 is 0 Å². The Labute approximate surface area is 170 Å². The lowest BCUT2D eigenvalue weighted by molar-refractivity contribution is 0.0484. The molecule has 28 heavy (non-hydrogen) atoms. The zero-order chi connectivity index (χ0) is 20.6. The maximum absolute atomic E-state index is 12.1. The maximum atomic E-state index is 12.1. The van der Waals surface area contributed by atoms with Crippen molar-refractivity contribution in [3.8, 4) is 0 Å². The highest BCUT2D eigenvalue weighted by atomic mass is 16.5. The van der Waals surface area contributed by atoms with Gasteiger partial charge in [-0.15, -0.1) is 0 Å². The van der Waals surface area contributed by atoms with Crippen molar-refractivity contribution in [1.82, 2.24) is 9.97 Å². The van der Waals surface area contributed by atoms with Gasteiger partial charge in [0, 0.05) is 6.20 Å². The number of unbranched alkanes of at least 4 members (excludes halogenated alkanes) is 3. The Bertz CT molecular complexity index is 750. The van der Waals surface area contributed by atoms with E-state index < -0.39 is 0 Å². The molecule has 1 N–H and O–H groups in total. The Morgan fingerprint density at radius 2 is 2.11 bits per heavy atom. The van der Waals surface area contributed by atoms with Crippen molar-refractivity contribution in [3.05, 3.63) is 46.6 Å². The predicted octanol–water partition coefficient (Wildman–Crippen LogP) is 6.63. The van der Waals surface area contributed by atoms with E-state index in [2.05, 4.69) is 56.7 Å². The van der Waals surface area contributed by atoms with Crippen molar-refractivity contribution in [2.75, 3.05) is 6.61 Å². The van der Waals surface area contributed by atoms with Gasteiger partial charge in [-0.05, 0) is 62.2 Å². The SMILES string of the molecule is CCCCCCOC(=O)c1nc(/C=C(\C)C=CC2=C(C)CCCC2(C)C)c[nH]1. The molecular weight excluding hydrogens is 348 g/mol. The molecule has 0 radical (unpaired) electrons. The third kappa shape index (κ3) is 6.50. The zero-order valence-electron chi connectivity index (χ0n) is 18.2. The van der Waals surface area contributed by atoms with Crippen LogP contribution in [-0.4, -0.2) is 22.5 Å². The van der Waals surface area contributed by atoms with Crippen molar-refractivity contribution in [1.29, 1.82) is 0 Å². The quantitative estimate of drug-likeness (QED) is 0.295. The molecule has 1 heterocycles. The van der Waals surface area contributed by atoms with Gasteiger partial charge >= 0.3 is 5.97 Å². The second-order valence-electron chi connectivity index (χ2n) is 8.52. The molecule has 0 unspecified atom stereocenters. The van der Waals surface area contributed by atoms with Gasteiger partial charge in [-0.2, -0.15) is 0 Å². The minimum absolute atomic E-state index is 0.236. The molecule has 0 bridgehead atoms. The van der Waals surface area contributed by atoms with E-state index in [1.165, 1.54) is 43.3 Å². The molecule has 0 atom stereocenters. The number of rotatable bonds is 9. The number of hydrogen-bond acceptors (Lipinski definition) is 3. The third-order valence-corrected chi connectivity index (χ3v) is 5.45. The number of carbonyl (C=O) groups excluding carboxylic acids is 1. The van der Waals surface area contributed by atoms with Crippen LogP contribution in [0.25, 0.3) is 6.08 Å². The molecule has 1 aliphatic rings. The fourth-order valence-electron chi connectivity index (χ4n) is 3.78. The van der Waals surface area contributed by atoms with Gasteiger partial charge in [-0.1, -0.05) is 57.8 Å². The molecule has 0 saturated carbocycles. The summed E-state index contributed by atoms with van der Waals surface area (Å²) in [5.74, 6) is -0.112. The average molecular weight is 385 g/mol. The fraction of sp³-hybridized carbons (Fsp3) is 0.583. The lowest BCUT2D eigenvalue weighted by Crippen LogP contribution is -2.19. The van der Waals surface area contributed by atoms with Gasteiger partial charge in [0.25, 0.3) is 0 Å². The number of carbonyl (C=O) groups is 1. The second kappa shape index (κ2) is 10.4. The van der Waals surface area contributed by atoms with Gasteiger partial charge in [-0.25, -0.2) is 9.78 Å². The van der Waals surface area contributed by atoms with Crippen LogP contribution in [0.2, 0.25) is 0 Å². The number of imidazole rings is 1. The molecule has 0 aromatic carbocycles. The predicted molar refractivity (Wildman–Crippen MR) is 116 cm³/mol. The number of esters is 1. The Morgan fingerprint density at radius 3 is 2.82 bits per heavy atom. The van der Waals surface area contributed by atoms with Crippen LogP contribution < -0.4 is 0 Å². The van der Waals surface area contributed by atoms with Gasteiger partial charge in [0.1, 0.15) is 0 Å². The Hall–Kier alpha value is -2.10. The molecule has 2 rings (SSSR count). The van der Waals surface area contributed by atoms with Gasteiger partial charge in [0.2, 0.25) is 5.82 Å². The van der Waals surface area contributed by atoms with Gasteiger partial charge in [0.15, 0.2) is 0 Å². The number of H-pyrrole nitrogens is 1. The van der Waals surface area contributed by atoms with Gasteiger partial charge in [0.05, 0.1) is 12.3 Å². The van der Waals surface area contributed by atoms with Crippen molar-refractivity contribution in [3.63, 3.8) is 0 Å². The van der Waals surface area contributed by atoms with Crippen LogP contribution in [0, 0.1) is 5.41 Å². The molecule has 1 aliphatic carbocycles. The third-order valence-electron chi connectivity index (χ3n) is 5.45. The van der Waals surface area contributed by atoms with Gasteiger partial charge in [-0.3, -0.25) is 0 Å². The normalized spacial score (nSPS) is 17.4. The van der Waals surface area contributed by atoms with Crippen molar-refractivity contribution < 1.29 is 9.53 Å². The van der Waals surface area contributed by atoms with E-state index in [1.807, 2.05) is 6.08 Å². The summed E-state index contributed by atoms with van der Waals surface area (Å²) in [6.07, 6.45) is 16.2. The number of aromatic amines is 1. The number of aromatic nitrogens is 2. The van der Waals surface area contributed by atoms with E-state index >= 15 is 0 Å². The molecule has 4 nitrogen and oxygen atoms in total. The molecule has 0 spiro atoms. The van der Waals surface area contributed by atoms with Gasteiger partial charge < -0.3 is 9.72 Å². The highest BCUT2D eigenvalue weighted by Crippen LogP contribution is 2.40. The van der Waals surface area contributed by atoms with Crippen LogP contribution in [0.5, 0.6) is 0 Å². The summed E-state index contributed by atoms with van der Waals surface area (Å²) < 4.78 is 5.28. The van der Waals surface area contributed by atoms with E-state index in [1.54, 1.807) is 6.20 Å². The number of nitrogens with zero attached hydrogens (tertiary/aromatic N) is 1. The summed E-state index contributed by atoms with van der Waals surface area (Å²) in [5.41, 5.74) is 5.02. The monoisotopic (exact) mass is 384 g/mol. The zero-order valence-corrected chi connectivity index (χ0v) is 18.2. The number of hydrogen-bond donors (Lipinski definition) is 1. The Morgan fingerprint density at radius 1 is 1.32 bits per heavy atom. The van der Waals surface area contributed by atoms with E-state index in [0.717, 1.165) is 24.1 Å². The van der Waals surface area contributed by atoms with E-state index in [0.29, 0.717) is 6.61 Å². The van der Waals surface area contributed by atoms with E-state index in [-0.39, 0.29) is 17.2 Å². The smallest absolute Gasteiger partial charge is 0.374 e. The molecule has 0 amide bonds. The summed E-state index contributed by atoms with van der Waals surface area (Å²) in [5, 5.41) is 0. The van der Waals surface area contributed by atoms with Crippen LogP contribution in [0.4, 0.5) is 0 Å². The average Bonchev–Trinajstić information content (AvgIpc) is 3.09. The van der Waals surface area contributed by atoms with Crippen molar-refractivity contribution in [2.24, 2.45) is 5.41 Å². The molecule has 0 saturated heterocycles. The highest BCUT2D eigenvalue weighted by molar-refractivity contribution is 5.85. The van der Waals surface area contributed by atoms with Crippen molar-refractivity contribution in [2.45, 2.75) is 79.6 Å². The van der Waals surface area contributed by atoms with Crippen LogP contribution in [0.15, 0.2) is 35.1 Å². The molecule has 154 valence electrons. The minimum Gasteiger partial charge on any atom is -0.460 e. The lowest BCUT2D eigenvalue weighted by Gasteiger charge is -2.32. The first-order chi connectivity index (χ1) is 13.3. The fourth-order valence-corrected chi connectivity index (χ4v) is 3.78.